The van der Waals surface area contributed by atoms with Crippen molar-refractivity contribution < 1.29 is 19.1 Å². The first-order valence-corrected chi connectivity index (χ1v) is 9.01. The van der Waals surface area contributed by atoms with Gasteiger partial charge in [0.1, 0.15) is 18.0 Å². The Morgan fingerprint density at radius 2 is 1.65 bits per heavy atom. The molecule has 3 amide bonds. The molecule has 1 fully saturated rings. The van der Waals surface area contributed by atoms with E-state index < -0.39 is 5.60 Å². The van der Waals surface area contributed by atoms with Crippen molar-refractivity contribution in [1.82, 2.24) is 15.1 Å². The summed E-state index contributed by atoms with van der Waals surface area (Å²) in [6.07, 6.45) is -0.339. The molecule has 1 heterocycles. The van der Waals surface area contributed by atoms with Crippen LogP contribution in [0.4, 0.5) is 9.59 Å². The van der Waals surface area contributed by atoms with Crippen molar-refractivity contribution in [2.24, 2.45) is 0 Å². The number of carbonyl (C=O) groups excluding carboxylic acids is 2. The van der Waals surface area contributed by atoms with Crippen LogP contribution in [-0.2, 0) is 4.74 Å². The normalized spacial score (nSPS) is 14.8. The quantitative estimate of drug-likeness (QED) is 0.811. The molecule has 0 radical (unpaired) electrons. The average Bonchev–Trinajstić information content (AvgIpc) is 2.59. The number of ether oxygens (including phenoxy) is 2. The monoisotopic (exact) mass is 383 g/mol. The van der Waals surface area contributed by atoms with Gasteiger partial charge in [0.25, 0.3) is 0 Å². The number of halogens is 1. The minimum atomic E-state index is -0.518. The van der Waals surface area contributed by atoms with E-state index in [2.05, 4.69) is 5.32 Å². The van der Waals surface area contributed by atoms with Gasteiger partial charge in [-0.25, -0.2) is 9.59 Å². The molecular formula is C18H26ClN3O4. The molecule has 0 saturated carbocycles. The topological polar surface area (TPSA) is 71.1 Å². The lowest BCUT2D eigenvalue weighted by Gasteiger charge is -2.35. The summed E-state index contributed by atoms with van der Waals surface area (Å²) < 4.78 is 10.9. The molecule has 1 aromatic rings. The number of nitrogens with one attached hydrogen (secondary N) is 1. The predicted octanol–water partition coefficient (Wildman–Crippen LogP) is 2.98. The Kier molecular flexibility index (Phi) is 6.97. The summed E-state index contributed by atoms with van der Waals surface area (Å²) in [5.41, 5.74) is -0.518. The Morgan fingerprint density at radius 3 is 2.23 bits per heavy atom. The Labute approximate surface area is 159 Å². The molecule has 144 valence electrons. The van der Waals surface area contributed by atoms with Crippen LogP contribution in [0, 0.1) is 0 Å². The lowest BCUT2D eigenvalue weighted by Crippen LogP contribution is -2.54. The zero-order valence-electron chi connectivity index (χ0n) is 15.5. The van der Waals surface area contributed by atoms with Crippen molar-refractivity contribution in [3.63, 3.8) is 0 Å². The van der Waals surface area contributed by atoms with Crippen LogP contribution >= 0.6 is 11.6 Å². The van der Waals surface area contributed by atoms with Crippen molar-refractivity contribution in [2.45, 2.75) is 26.4 Å². The lowest BCUT2D eigenvalue weighted by atomic mass is 10.2. The van der Waals surface area contributed by atoms with E-state index in [1.165, 1.54) is 0 Å². The minimum Gasteiger partial charge on any atom is -0.492 e. The van der Waals surface area contributed by atoms with Gasteiger partial charge in [0, 0.05) is 31.2 Å². The molecule has 8 heteroatoms. The molecule has 1 aliphatic rings. The number of amides is 3. The number of hydrogen-bond acceptors (Lipinski definition) is 4. The van der Waals surface area contributed by atoms with Crippen LogP contribution in [0.1, 0.15) is 20.8 Å². The van der Waals surface area contributed by atoms with E-state index in [0.717, 1.165) is 0 Å². The first-order chi connectivity index (χ1) is 12.2. The van der Waals surface area contributed by atoms with Crippen molar-refractivity contribution in [1.29, 1.82) is 0 Å². The van der Waals surface area contributed by atoms with Gasteiger partial charge in [-0.2, -0.15) is 0 Å². The van der Waals surface area contributed by atoms with E-state index >= 15 is 0 Å². The fourth-order valence-corrected chi connectivity index (χ4v) is 2.51. The van der Waals surface area contributed by atoms with Crippen LogP contribution in [0.15, 0.2) is 24.3 Å². The fraction of sp³-hybridized carbons (Fsp3) is 0.556. The molecular weight excluding hydrogens is 358 g/mol. The van der Waals surface area contributed by atoms with E-state index in [1.807, 2.05) is 20.8 Å². The van der Waals surface area contributed by atoms with Gasteiger partial charge in [0.15, 0.2) is 0 Å². The molecule has 2 rings (SSSR count). The molecule has 0 aliphatic carbocycles. The highest BCUT2D eigenvalue weighted by Gasteiger charge is 2.27. The second kappa shape index (κ2) is 8.98. The summed E-state index contributed by atoms with van der Waals surface area (Å²) in [7, 11) is 0. The third kappa shape index (κ3) is 6.63. The maximum absolute atomic E-state index is 12.2. The van der Waals surface area contributed by atoms with Crippen molar-refractivity contribution in [3.05, 3.63) is 29.3 Å². The van der Waals surface area contributed by atoms with Gasteiger partial charge >= 0.3 is 12.1 Å². The molecule has 0 bridgehead atoms. The third-order valence-corrected chi connectivity index (χ3v) is 3.93. The van der Waals surface area contributed by atoms with Crippen LogP contribution < -0.4 is 10.1 Å². The molecule has 7 nitrogen and oxygen atoms in total. The van der Waals surface area contributed by atoms with Crippen LogP contribution in [0.25, 0.3) is 0 Å². The second-order valence-electron chi connectivity index (χ2n) is 6.99. The molecule has 0 atom stereocenters. The highest BCUT2D eigenvalue weighted by molar-refractivity contribution is 6.30. The summed E-state index contributed by atoms with van der Waals surface area (Å²) in [6.45, 7) is 8.14. The summed E-state index contributed by atoms with van der Waals surface area (Å²) in [5.74, 6) is 0.703. The Morgan fingerprint density at radius 1 is 1.08 bits per heavy atom. The summed E-state index contributed by atoms with van der Waals surface area (Å²) in [6, 6.07) is 6.90. The zero-order chi connectivity index (χ0) is 19.2. The first-order valence-electron chi connectivity index (χ1n) is 8.64. The first kappa shape index (κ1) is 20.2. The van der Waals surface area contributed by atoms with Gasteiger partial charge in [-0.1, -0.05) is 11.6 Å². The van der Waals surface area contributed by atoms with Gasteiger partial charge in [-0.3, -0.25) is 0 Å². The lowest BCUT2D eigenvalue weighted by molar-refractivity contribution is 0.0170. The summed E-state index contributed by atoms with van der Waals surface area (Å²) >= 11 is 5.81. The molecule has 26 heavy (non-hydrogen) atoms. The maximum atomic E-state index is 12.2. The summed E-state index contributed by atoms with van der Waals surface area (Å²) in [4.78, 5) is 27.5. The highest BCUT2D eigenvalue weighted by atomic mass is 35.5. The van der Waals surface area contributed by atoms with Gasteiger partial charge in [-0.15, -0.1) is 0 Å². The van der Waals surface area contributed by atoms with Crippen molar-refractivity contribution >= 4 is 23.7 Å². The van der Waals surface area contributed by atoms with E-state index in [9.17, 15) is 9.59 Å². The highest BCUT2D eigenvalue weighted by Crippen LogP contribution is 2.15. The molecule has 1 N–H and O–H groups in total. The molecule has 1 aliphatic heterocycles. The SMILES string of the molecule is CC(C)(C)OC(=O)N1CCN(C(=O)NCCOc2ccc(Cl)cc2)CC1. The van der Waals surface area contributed by atoms with Gasteiger partial charge in [-0.05, 0) is 45.0 Å². The number of nitrogens with zero attached hydrogens (tertiary/aromatic N) is 2. The van der Waals surface area contributed by atoms with Crippen LogP contribution in [0.3, 0.4) is 0 Å². The smallest absolute Gasteiger partial charge is 0.410 e. The molecule has 0 spiro atoms. The number of urea groups is 1. The van der Waals surface area contributed by atoms with E-state index in [1.54, 1.807) is 34.1 Å². The zero-order valence-corrected chi connectivity index (χ0v) is 16.2. The Balaban J connectivity index is 1.65. The number of rotatable bonds is 4. The fourth-order valence-electron chi connectivity index (χ4n) is 2.39. The van der Waals surface area contributed by atoms with E-state index in [0.29, 0.717) is 50.1 Å². The molecule has 0 unspecified atom stereocenters. The van der Waals surface area contributed by atoms with Gasteiger partial charge in [0.05, 0.1) is 6.54 Å². The van der Waals surface area contributed by atoms with Crippen molar-refractivity contribution in [3.8, 4) is 5.75 Å². The van der Waals surface area contributed by atoms with Gasteiger partial charge in [0.2, 0.25) is 0 Å². The largest absolute Gasteiger partial charge is 0.492 e. The maximum Gasteiger partial charge on any atom is 0.410 e. The molecule has 1 saturated heterocycles. The number of hydrogen-bond donors (Lipinski definition) is 1. The number of carbonyl (C=O) groups is 2. The third-order valence-electron chi connectivity index (χ3n) is 3.68. The minimum absolute atomic E-state index is 0.159. The Bertz CT molecular complexity index is 608. The van der Waals surface area contributed by atoms with Crippen LogP contribution in [0.2, 0.25) is 5.02 Å². The summed E-state index contributed by atoms with van der Waals surface area (Å²) in [5, 5.41) is 3.47. The van der Waals surface area contributed by atoms with Crippen LogP contribution in [0.5, 0.6) is 5.75 Å². The Hall–Kier alpha value is -2.15. The second-order valence-corrected chi connectivity index (χ2v) is 7.43. The predicted molar refractivity (Wildman–Crippen MR) is 99.7 cm³/mol. The average molecular weight is 384 g/mol. The van der Waals surface area contributed by atoms with E-state index in [4.69, 9.17) is 21.1 Å². The van der Waals surface area contributed by atoms with Gasteiger partial charge < -0.3 is 24.6 Å². The van der Waals surface area contributed by atoms with Crippen molar-refractivity contribution in [2.75, 3.05) is 39.3 Å². The standard InChI is InChI=1S/C18H26ClN3O4/c1-18(2,3)26-17(24)22-11-9-21(10-12-22)16(23)20-8-13-25-15-6-4-14(19)5-7-15/h4-7H,8-13H2,1-3H3,(H,20,23). The number of benzene rings is 1. The van der Waals surface area contributed by atoms with Crippen LogP contribution in [-0.4, -0.2) is 66.9 Å². The molecule has 1 aromatic carbocycles. The molecule has 0 aromatic heterocycles. The number of piperazine rings is 1. The van der Waals surface area contributed by atoms with E-state index in [-0.39, 0.29) is 12.1 Å².